The molecule has 1 saturated carbocycles. The van der Waals surface area contributed by atoms with Gasteiger partial charge in [-0.05, 0) is 44.4 Å². The van der Waals surface area contributed by atoms with Gasteiger partial charge in [0.15, 0.2) is 0 Å². The van der Waals surface area contributed by atoms with Gasteiger partial charge in [0.05, 0.1) is 0 Å². The minimum absolute atomic E-state index is 0.541. The molecular formula is C16H28N4. The van der Waals surface area contributed by atoms with E-state index in [1.807, 2.05) is 13.0 Å². The summed E-state index contributed by atoms with van der Waals surface area (Å²) < 4.78 is 0. The molecule has 1 heterocycles. The molecular weight excluding hydrogens is 248 g/mol. The highest BCUT2D eigenvalue weighted by atomic mass is 15.1. The Kier molecular flexibility index (Phi) is 5.21. The lowest BCUT2D eigenvalue weighted by Gasteiger charge is -2.33. The monoisotopic (exact) mass is 276 g/mol. The number of rotatable bonds is 5. The molecule has 1 fully saturated rings. The molecule has 1 aromatic heterocycles. The molecule has 112 valence electrons. The number of hydrogen-bond acceptors (Lipinski definition) is 4. The van der Waals surface area contributed by atoms with Crippen molar-refractivity contribution in [3.8, 4) is 0 Å². The Labute approximate surface area is 122 Å². The molecule has 0 radical (unpaired) electrons. The zero-order valence-electron chi connectivity index (χ0n) is 13.2. The molecule has 0 amide bonds. The van der Waals surface area contributed by atoms with Crippen LogP contribution in [0.1, 0.15) is 52.1 Å². The summed E-state index contributed by atoms with van der Waals surface area (Å²) in [6, 6.07) is 2.58. The maximum atomic E-state index is 4.59. The van der Waals surface area contributed by atoms with Gasteiger partial charge in [0.25, 0.3) is 0 Å². The topological polar surface area (TPSA) is 49.8 Å². The van der Waals surface area contributed by atoms with Crippen molar-refractivity contribution in [2.45, 2.75) is 59.4 Å². The zero-order valence-corrected chi connectivity index (χ0v) is 13.2. The molecule has 2 N–H and O–H groups in total. The van der Waals surface area contributed by atoms with Crippen molar-refractivity contribution in [2.75, 3.05) is 17.2 Å². The van der Waals surface area contributed by atoms with Crippen molar-refractivity contribution in [3.05, 3.63) is 11.8 Å². The van der Waals surface area contributed by atoms with Crippen LogP contribution in [0.25, 0.3) is 0 Å². The molecule has 0 bridgehead atoms. The van der Waals surface area contributed by atoms with E-state index in [0.717, 1.165) is 36.3 Å². The van der Waals surface area contributed by atoms with Gasteiger partial charge in [-0.25, -0.2) is 4.98 Å². The lowest BCUT2D eigenvalue weighted by Crippen LogP contribution is -2.33. The molecule has 0 spiro atoms. The highest BCUT2D eigenvalue weighted by Gasteiger charge is 2.25. The first-order chi connectivity index (χ1) is 9.58. The highest BCUT2D eigenvalue weighted by Crippen LogP contribution is 2.30. The summed E-state index contributed by atoms with van der Waals surface area (Å²) in [7, 11) is 0. The summed E-state index contributed by atoms with van der Waals surface area (Å²) in [5, 5.41) is 6.89. The second-order valence-corrected chi connectivity index (χ2v) is 6.29. The fourth-order valence-corrected chi connectivity index (χ4v) is 3.03. The van der Waals surface area contributed by atoms with Crippen LogP contribution in [0.5, 0.6) is 0 Å². The quantitative estimate of drug-likeness (QED) is 0.858. The molecule has 4 heteroatoms. The first kappa shape index (κ1) is 15.1. The minimum Gasteiger partial charge on any atom is -0.367 e. The molecule has 20 heavy (non-hydrogen) atoms. The molecule has 3 unspecified atom stereocenters. The number of hydrogen-bond donors (Lipinski definition) is 2. The Morgan fingerprint density at radius 2 is 2.05 bits per heavy atom. The Morgan fingerprint density at radius 3 is 2.75 bits per heavy atom. The normalized spacial score (nSPS) is 26.3. The first-order valence-electron chi connectivity index (χ1n) is 7.94. The van der Waals surface area contributed by atoms with E-state index < -0.39 is 0 Å². The number of aromatic nitrogens is 2. The van der Waals surface area contributed by atoms with Gasteiger partial charge in [-0.15, -0.1) is 0 Å². The zero-order chi connectivity index (χ0) is 14.5. The molecule has 1 aliphatic rings. The average Bonchev–Trinajstić information content (AvgIpc) is 2.39. The number of aryl methyl sites for hydroxylation is 1. The molecule has 1 aliphatic carbocycles. The van der Waals surface area contributed by atoms with E-state index >= 15 is 0 Å². The van der Waals surface area contributed by atoms with Gasteiger partial charge in [0, 0.05) is 24.3 Å². The van der Waals surface area contributed by atoms with Crippen LogP contribution in [0.2, 0.25) is 0 Å². The van der Waals surface area contributed by atoms with Crippen LogP contribution in [-0.2, 0) is 0 Å². The summed E-state index contributed by atoms with van der Waals surface area (Å²) in [6.07, 6.45) is 4.94. The highest BCUT2D eigenvalue weighted by molar-refractivity contribution is 5.43. The van der Waals surface area contributed by atoms with Gasteiger partial charge >= 0.3 is 0 Å². The van der Waals surface area contributed by atoms with Crippen LogP contribution in [-0.4, -0.2) is 22.6 Å². The minimum atomic E-state index is 0.541. The Bertz CT molecular complexity index is 432. The summed E-state index contributed by atoms with van der Waals surface area (Å²) in [4.78, 5) is 9.02. The number of anilines is 2. The van der Waals surface area contributed by atoms with Crippen LogP contribution < -0.4 is 10.6 Å². The van der Waals surface area contributed by atoms with Crippen LogP contribution >= 0.6 is 0 Å². The van der Waals surface area contributed by atoms with E-state index in [4.69, 9.17) is 0 Å². The van der Waals surface area contributed by atoms with Crippen molar-refractivity contribution >= 4 is 11.8 Å². The van der Waals surface area contributed by atoms with Crippen LogP contribution in [0.4, 0.5) is 11.8 Å². The second kappa shape index (κ2) is 6.91. The van der Waals surface area contributed by atoms with Gasteiger partial charge in [-0.3, -0.25) is 0 Å². The van der Waals surface area contributed by atoms with Gasteiger partial charge in [0.1, 0.15) is 5.82 Å². The van der Waals surface area contributed by atoms with Gasteiger partial charge in [0.2, 0.25) is 5.95 Å². The van der Waals surface area contributed by atoms with E-state index in [-0.39, 0.29) is 0 Å². The number of nitrogens with one attached hydrogen (secondary N) is 2. The second-order valence-electron chi connectivity index (χ2n) is 6.29. The molecule has 1 aromatic rings. The third kappa shape index (κ3) is 4.09. The van der Waals surface area contributed by atoms with Gasteiger partial charge in [-0.2, -0.15) is 4.98 Å². The average molecular weight is 276 g/mol. The molecule has 4 nitrogen and oxygen atoms in total. The van der Waals surface area contributed by atoms with E-state index in [0.29, 0.717) is 12.0 Å². The van der Waals surface area contributed by atoms with Crippen molar-refractivity contribution in [1.29, 1.82) is 0 Å². The molecule has 0 aromatic carbocycles. The molecule has 2 rings (SSSR count). The first-order valence-corrected chi connectivity index (χ1v) is 7.94. The predicted octanol–water partition coefficient (Wildman–Crippen LogP) is 3.84. The maximum absolute atomic E-state index is 4.59. The van der Waals surface area contributed by atoms with Crippen molar-refractivity contribution in [1.82, 2.24) is 9.97 Å². The number of nitrogens with zero attached hydrogens (tertiary/aromatic N) is 2. The summed E-state index contributed by atoms with van der Waals surface area (Å²) in [6.45, 7) is 9.79. The van der Waals surface area contributed by atoms with E-state index in [9.17, 15) is 0 Å². The lowest BCUT2D eigenvalue weighted by molar-refractivity contribution is 0.276. The van der Waals surface area contributed by atoms with E-state index in [1.54, 1.807) is 0 Å². The maximum Gasteiger partial charge on any atom is 0.224 e. The summed E-state index contributed by atoms with van der Waals surface area (Å²) in [5.74, 6) is 3.27. The Balaban J connectivity index is 2.03. The van der Waals surface area contributed by atoms with Crippen molar-refractivity contribution in [3.63, 3.8) is 0 Å². The van der Waals surface area contributed by atoms with Crippen molar-refractivity contribution < 1.29 is 0 Å². The molecule has 3 atom stereocenters. The van der Waals surface area contributed by atoms with Gasteiger partial charge in [-0.1, -0.05) is 20.8 Å². The van der Waals surface area contributed by atoms with Crippen LogP contribution in [0.15, 0.2) is 6.07 Å². The standard InChI is InChI=1S/C16H28N4/c1-5-8-17-16-18-13(4)10-15(20-16)19-14-7-6-11(2)9-12(14)3/h10-12,14H,5-9H2,1-4H3,(H2,17,18,19,20). The fraction of sp³-hybridized carbons (Fsp3) is 0.750. The lowest BCUT2D eigenvalue weighted by atomic mass is 9.80. The predicted molar refractivity (Wildman–Crippen MR) is 85.1 cm³/mol. The molecule has 0 aliphatic heterocycles. The molecule has 0 saturated heterocycles. The third-order valence-corrected chi connectivity index (χ3v) is 4.15. The van der Waals surface area contributed by atoms with Gasteiger partial charge < -0.3 is 10.6 Å². The fourth-order valence-electron chi connectivity index (χ4n) is 3.03. The largest absolute Gasteiger partial charge is 0.367 e. The SMILES string of the molecule is CCCNc1nc(C)cc(NC2CCC(C)CC2C)n1. The Morgan fingerprint density at radius 1 is 1.25 bits per heavy atom. The summed E-state index contributed by atoms with van der Waals surface area (Å²) in [5.41, 5.74) is 1.01. The van der Waals surface area contributed by atoms with E-state index in [2.05, 4.69) is 41.4 Å². The van der Waals surface area contributed by atoms with Crippen molar-refractivity contribution in [2.24, 2.45) is 11.8 Å². The van der Waals surface area contributed by atoms with Crippen LogP contribution in [0.3, 0.4) is 0 Å². The van der Waals surface area contributed by atoms with E-state index in [1.165, 1.54) is 19.3 Å². The Hall–Kier alpha value is -1.32. The summed E-state index contributed by atoms with van der Waals surface area (Å²) >= 11 is 0. The van der Waals surface area contributed by atoms with Crippen LogP contribution in [0, 0.1) is 18.8 Å². The third-order valence-electron chi connectivity index (χ3n) is 4.15. The smallest absolute Gasteiger partial charge is 0.224 e.